The van der Waals surface area contributed by atoms with Crippen LogP contribution < -0.4 is 11.9 Å². The highest BCUT2D eigenvalue weighted by Crippen LogP contribution is 1.98. The van der Waals surface area contributed by atoms with Gasteiger partial charge in [-0.25, -0.2) is 9.50 Å². The fraction of sp³-hybridized carbons (Fsp3) is 0.286. The van der Waals surface area contributed by atoms with Gasteiger partial charge in [0, 0.05) is 12.4 Å². The molecule has 0 aromatic carbocycles. The minimum Gasteiger partial charge on any atom is -0.344 e. The molecule has 0 amide bonds. The van der Waals surface area contributed by atoms with E-state index >= 15 is 0 Å². The average molecular weight is 180 g/mol. The molecule has 0 aliphatic carbocycles. The second kappa shape index (κ2) is 3.92. The van der Waals surface area contributed by atoms with E-state index in [9.17, 15) is 0 Å². The number of rotatable bonds is 2. The van der Waals surface area contributed by atoms with E-state index in [1.165, 1.54) is 6.33 Å². The minimum absolute atomic E-state index is 0. The Morgan fingerprint density at radius 2 is 2.23 bits per heavy atom. The highest BCUT2D eigenvalue weighted by atomic mass is 15.3. The zero-order chi connectivity index (χ0) is 8.39. The molecule has 5 N–H and O–H groups in total. The summed E-state index contributed by atoms with van der Waals surface area (Å²) in [5.41, 5.74) is 6.49. The average Bonchev–Trinajstić information content (AvgIpc) is 2.51. The van der Waals surface area contributed by atoms with Crippen molar-refractivity contribution >= 4 is 5.78 Å². The Labute approximate surface area is 75.4 Å². The van der Waals surface area contributed by atoms with E-state index in [0.717, 1.165) is 12.0 Å². The molecule has 13 heavy (non-hydrogen) atoms. The predicted octanol–water partition coefficient (Wildman–Crippen LogP) is -0.213. The van der Waals surface area contributed by atoms with Crippen molar-refractivity contribution in [2.24, 2.45) is 5.73 Å². The summed E-state index contributed by atoms with van der Waals surface area (Å²) in [5.74, 6) is 0.621. The zero-order valence-corrected chi connectivity index (χ0v) is 7.22. The number of nitrogens with two attached hydrogens (primary N) is 1. The molecule has 2 aromatic rings. The lowest BCUT2D eigenvalue weighted by Gasteiger charge is -1.96. The highest BCUT2D eigenvalue weighted by molar-refractivity contribution is 5.25. The fourth-order valence-electron chi connectivity index (χ4n) is 1.05. The van der Waals surface area contributed by atoms with Crippen LogP contribution in [0.3, 0.4) is 0 Å². The zero-order valence-electron chi connectivity index (χ0n) is 7.22. The lowest BCUT2D eigenvalue weighted by atomic mass is 10.2. The smallest absolute Gasteiger partial charge is 0.252 e. The fourth-order valence-corrected chi connectivity index (χ4v) is 1.05. The topological polar surface area (TPSA) is 104 Å². The molecule has 0 aliphatic heterocycles. The van der Waals surface area contributed by atoms with Crippen molar-refractivity contribution in [3.8, 4) is 0 Å². The van der Waals surface area contributed by atoms with Gasteiger partial charge in [-0.05, 0) is 18.5 Å². The van der Waals surface area contributed by atoms with Crippen LogP contribution in [0.5, 0.6) is 0 Å². The molecular formula is C7H12N6. The standard InChI is InChI=1S/C7H9N5.H3N/c8-2-1-6-3-9-7-10-5-11-12(7)4-6;/h3-5H,1-2,8H2;1H3. The van der Waals surface area contributed by atoms with Crippen molar-refractivity contribution in [3.63, 3.8) is 0 Å². The predicted molar refractivity (Wildman–Crippen MR) is 48.6 cm³/mol. The lowest BCUT2D eigenvalue weighted by Crippen LogP contribution is -2.04. The molecule has 0 spiro atoms. The number of nitrogens with zero attached hydrogens (tertiary/aromatic N) is 4. The molecular weight excluding hydrogens is 168 g/mol. The summed E-state index contributed by atoms with van der Waals surface area (Å²) in [5, 5.41) is 3.96. The summed E-state index contributed by atoms with van der Waals surface area (Å²) in [6, 6.07) is 0. The van der Waals surface area contributed by atoms with E-state index in [2.05, 4.69) is 15.1 Å². The van der Waals surface area contributed by atoms with Crippen LogP contribution in [0.4, 0.5) is 0 Å². The SMILES string of the molecule is N.NCCc1cnc2ncnn2c1. The van der Waals surface area contributed by atoms with Gasteiger partial charge in [0.25, 0.3) is 5.78 Å². The lowest BCUT2D eigenvalue weighted by molar-refractivity contribution is 0.884. The summed E-state index contributed by atoms with van der Waals surface area (Å²) in [6.45, 7) is 0.627. The van der Waals surface area contributed by atoms with Gasteiger partial charge in [-0.2, -0.15) is 10.1 Å². The van der Waals surface area contributed by atoms with Gasteiger partial charge >= 0.3 is 0 Å². The van der Waals surface area contributed by atoms with Gasteiger partial charge in [0.05, 0.1) is 0 Å². The molecule has 6 heteroatoms. The van der Waals surface area contributed by atoms with Gasteiger partial charge in [-0.3, -0.25) is 0 Å². The highest BCUT2D eigenvalue weighted by Gasteiger charge is 1.97. The van der Waals surface area contributed by atoms with E-state index in [1.807, 2.05) is 6.20 Å². The molecule has 70 valence electrons. The Bertz CT molecular complexity index is 381. The monoisotopic (exact) mass is 180 g/mol. The van der Waals surface area contributed by atoms with Crippen LogP contribution in [-0.2, 0) is 6.42 Å². The molecule has 0 radical (unpaired) electrons. The Hall–Kier alpha value is -1.53. The maximum Gasteiger partial charge on any atom is 0.252 e. The Kier molecular flexibility index (Phi) is 2.88. The van der Waals surface area contributed by atoms with Crippen molar-refractivity contribution in [3.05, 3.63) is 24.3 Å². The van der Waals surface area contributed by atoms with Crippen molar-refractivity contribution < 1.29 is 0 Å². The van der Waals surface area contributed by atoms with Gasteiger partial charge in [0.15, 0.2) is 0 Å². The molecule has 0 unspecified atom stereocenters. The summed E-state index contributed by atoms with van der Waals surface area (Å²) < 4.78 is 1.64. The normalized spacial score (nSPS) is 9.92. The van der Waals surface area contributed by atoms with Crippen molar-refractivity contribution in [1.82, 2.24) is 25.7 Å². The van der Waals surface area contributed by atoms with Crippen LogP contribution in [0.1, 0.15) is 5.56 Å². The number of fused-ring (bicyclic) bond motifs is 1. The van der Waals surface area contributed by atoms with E-state index in [-0.39, 0.29) is 6.15 Å². The van der Waals surface area contributed by atoms with Crippen molar-refractivity contribution in [1.29, 1.82) is 0 Å². The molecule has 0 aliphatic rings. The van der Waals surface area contributed by atoms with E-state index in [1.54, 1.807) is 10.7 Å². The third-order valence-electron chi connectivity index (χ3n) is 1.62. The third-order valence-corrected chi connectivity index (χ3v) is 1.62. The second-order valence-electron chi connectivity index (χ2n) is 2.51. The molecule has 0 saturated heterocycles. The van der Waals surface area contributed by atoms with Gasteiger partial charge in [-0.1, -0.05) is 0 Å². The summed E-state index contributed by atoms with van der Waals surface area (Å²) in [7, 11) is 0. The molecule has 2 heterocycles. The Morgan fingerprint density at radius 3 is 3.00 bits per heavy atom. The molecule has 6 nitrogen and oxygen atoms in total. The van der Waals surface area contributed by atoms with E-state index in [4.69, 9.17) is 5.73 Å². The number of hydrogen-bond acceptors (Lipinski definition) is 5. The maximum absolute atomic E-state index is 5.41. The molecule has 0 bridgehead atoms. The maximum atomic E-state index is 5.41. The Balaban J connectivity index is 0.000000845. The van der Waals surface area contributed by atoms with Crippen LogP contribution in [0.15, 0.2) is 18.7 Å². The first-order valence-electron chi connectivity index (χ1n) is 3.74. The quantitative estimate of drug-likeness (QED) is 0.665. The van der Waals surface area contributed by atoms with E-state index in [0.29, 0.717) is 12.3 Å². The first kappa shape index (κ1) is 9.56. The minimum atomic E-state index is 0. The van der Waals surface area contributed by atoms with Gasteiger partial charge < -0.3 is 11.9 Å². The third kappa shape index (κ3) is 1.79. The van der Waals surface area contributed by atoms with Crippen LogP contribution in [0, 0.1) is 0 Å². The van der Waals surface area contributed by atoms with Crippen LogP contribution in [0.2, 0.25) is 0 Å². The van der Waals surface area contributed by atoms with Crippen LogP contribution in [-0.4, -0.2) is 26.1 Å². The number of hydrogen-bond donors (Lipinski definition) is 2. The summed E-state index contributed by atoms with van der Waals surface area (Å²) in [4.78, 5) is 8.02. The molecule has 0 fully saturated rings. The van der Waals surface area contributed by atoms with Crippen LogP contribution in [0.25, 0.3) is 5.78 Å². The van der Waals surface area contributed by atoms with Crippen molar-refractivity contribution in [2.75, 3.05) is 6.54 Å². The van der Waals surface area contributed by atoms with E-state index < -0.39 is 0 Å². The largest absolute Gasteiger partial charge is 0.344 e. The Morgan fingerprint density at radius 1 is 1.38 bits per heavy atom. The van der Waals surface area contributed by atoms with Crippen molar-refractivity contribution in [2.45, 2.75) is 6.42 Å². The molecule has 2 aromatic heterocycles. The summed E-state index contributed by atoms with van der Waals surface area (Å²) in [6.07, 6.45) is 5.97. The first-order chi connectivity index (χ1) is 5.90. The molecule has 0 atom stereocenters. The first-order valence-corrected chi connectivity index (χ1v) is 3.74. The second-order valence-corrected chi connectivity index (χ2v) is 2.51. The molecule has 2 rings (SSSR count). The van der Waals surface area contributed by atoms with Crippen LogP contribution >= 0.6 is 0 Å². The van der Waals surface area contributed by atoms with Gasteiger partial charge in [0.2, 0.25) is 0 Å². The molecule has 0 saturated carbocycles. The summed E-state index contributed by atoms with van der Waals surface area (Å²) >= 11 is 0. The van der Waals surface area contributed by atoms with Gasteiger partial charge in [0.1, 0.15) is 6.33 Å². The number of aromatic nitrogens is 4. The van der Waals surface area contributed by atoms with Gasteiger partial charge in [-0.15, -0.1) is 0 Å².